The molecule has 1 unspecified atom stereocenters. The maximum atomic E-state index is 11.4. The Labute approximate surface area is 100 Å². The highest BCUT2D eigenvalue weighted by Crippen LogP contribution is 1.99. The molecule has 90 valence electrons. The first-order chi connectivity index (χ1) is 7.72. The number of amides is 1. The second-order valence-corrected chi connectivity index (χ2v) is 4.50. The third-order valence-electron chi connectivity index (χ3n) is 2.34. The summed E-state index contributed by atoms with van der Waals surface area (Å²) in [6.07, 6.45) is 1.49. The molecule has 1 atom stereocenters. The Bertz CT molecular complexity index is 300. The smallest absolute Gasteiger partial charge is 0.221 e. The summed E-state index contributed by atoms with van der Waals surface area (Å²) < 4.78 is 0. The SMILES string of the molecule is CCC(C)NC(=O)CCNCc1cscn1. The van der Waals surface area contributed by atoms with Gasteiger partial charge in [0.2, 0.25) is 5.91 Å². The van der Waals surface area contributed by atoms with E-state index in [1.807, 2.05) is 17.8 Å². The summed E-state index contributed by atoms with van der Waals surface area (Å²) in [7, 11) is 0. The van der Waals surface area contributed by atoms with Gasteiger partial charge in [0.1, 0.15) is 0 Å². The van der Waals surface area contributed by atoms with Crippen molar-refractivity contribution >= 4 is 17.2 Å². The van der Waals surface area contributed by atoms with Crippen LogP contribution in [0.3, 0.4) is 0 Å². The first kappa shape index (κ1) is 13.1. The van der Waals surface area contributed by atoms with Crippen molar-refractivity contribution in [3.63, 3.8) is 0 Å². The van der Waals surface area contributed by atoms with E-state index in [2.05, 4.69) is 22.5 Å². The molecule has 0 aliphatic heterocycles. The molecule has 0 aromatic carbocycles. The van der Waals surface area contributed by atoms with E-state index in [4.69, 9.17) is 0 Å². The van der Waals surface area contributed by atoms with Gasteiger partial charge in [0, 0.05) is 30.9 Å². The monoisotopic (exact) mass is 241 g/mol. The number of nitrogens with one attached hydrogen (secondary N) is 2. The maximum Gasteiger partial charge on any atom is 0.221 e. The zero-order chi connectivity index (χ0) is 11.8. The summed E-state index contributed by atoms with van der Waals surface area (Å²) in [5.41, 5.74) is 2.85. The van der Waals surface area contributed by atoms with Crippen molar-refractivity contribution in [1.29, 1.82) is 0 Å². The number of rotatable bonds is 7. The van der Waals surface area contributed by atoms with Crippen molar-refractivity contribution in [2.45, 2.75) is 39.3 Å². The number of carbonyl (C=O) groups is 1. The Hall–Kier alpha value is -0.940. The molecule has 1 rings (SSSR count). The summed E-state index contributed by atoms with van der Waals surface area (Å²) in [6, 6.07) is 0.269. The lowest BCUT2D eigenvalue weighted by molar-refractivity contribution is -0.121. The zero-order valence-electron chi connectivity index (χ0n) is 9.82. The third-order valence-corrected chi connectivity index (χ3v) is 2.97. The average molecular weight is 241 g/mol. The van der Waals surface area contributed by atoms with Gasteiger partial charge in [-0.05, 0) is 13.3 Å². The summed E-state index contributed by atoms with van der Waals surface area (Å²) >= 11 is 1.58. The van der Waals surface area contributed by atoms with Crippen LogP contribution in [0.25, 0.3) is 0 Å². The molecule has 1 amide bonds. The van der Waals surface area contributed by atoms with Crippen molar-refractivity contribution in [2.24, 2.45) is 0 Å². The average Bonchev–Trinajstić information content (AvgIpc) is 2.77. The van der Waals surface area contributed by atoms with Crippen LogP contribution in [0, 0.1) is 0 Å². The molecular formula is C11H19N3OS. The molecule has 5 heteroatoms. The Morgan fingerprint density at radius 1 is 1.62 bits per heavy atom. The van der Waals surface area contributed by atoms with E-state index < -0.39 is 0 Å². The summed E-state index contributed by atoms with van der Waals surface area (Å²) in [5.74, 6) is 0.111. The Morgan fingerprint density at radius 2 is 2.44 bits per heavy atom. The Morgan fingerprint density at radius 3 is 3.06 bits per heavy atom. The minimum absolute atomic E-state index is 0.111. The van der Waals surface area contributed by atoms with Gasteiger partial charge >= 0.3 is 0 Å². The van der Waals surface area contributed by atoms with Gasteiger partial charge in [0.05, 0.1) is 11.2 Å². The van der Waals surface area contributed by atoms with Crippen LogP contribution in [0.2, 0.25) is 0 Å². The van der Waals surface area contributed by atoms with Crippen LogP contribution in [0.4, 0.5) is 0 Å². The van der Waals surface area contributed by atoms with Crippen LogP contribution < -0.4 is 10.6 Å². The van der Waals surface area contributed by atoms with Gasteiger partial charge in [0.25, 0.3) is 0 Å². The number of thiazole rings is 1. The zero-order valence-corrected chi connectivity index (χ0v) is 10.6. The number of nitrogens with zero attached hydrogens (tertiary/aromatic N) is 1. The van der Waals surface area contributed by atoms with E-state index in [9.17, 15) is 4.79 Å². The van der Waals surface area contributed by atoms with Crippen molar-refractivity contribution in [3.8, 4) is 0 Å². The van der Waals surface area contributed by atoms with Crippen LogP contribution in [-0.4, -0.2) is 23.5 Å². The van der Waals surface area contributed by atoms with Crippen molar-refractivity contribution < 1.29 is 4.79 Å². The van der Waals surface area contributed by atoms with Crippen LogP contribution >= 0.6 is 11.3 Å². The molecule has 2 N–H and O–H groups in total. The molecule has 0 radical (unpaired) electrons. The quantitative estimate of drug-likeness (QED) is 0.712. The number of hydrogen-bond acceptors (Lipinski definition) is 4. The fourth-order valence-electron chi connectivity index (χ4n) is 1.19. The van der Waals surface area contributed by atoms with Gasteiger partial charge in [-0.25, -0.2) is 4.98 Å². The van der Waals surface area contributed by atoms with E-state index >= 15 is 0 Å². The normalized spacial score (nSPS) is 12.4. The maximum absolute atomic E-state index is 11.4. The summed E-state index contributed by atoms with van der Waals surface area (Å²) in [6.45, 7) is 5.51. The standard InChI is InChI=1S/C11H19N3OS/c1-3-9(2)14-11(15)4-5-12-6-10-7-16-8-13-10/h7-9,12H,3-6H2,1-2H3,(H,14,15). The lowest BCUT2D eigenvalue weighted by Crippen LogP contribution is -2.33. The van der Waals surface area contributed by atoms with Gasteiger partial charge in [-0.15, -0.1) is 11.3 Å². The molecular weight excluding hydrogens is 222 g/mol. The van der Waals surface area contributed by atoms with E-state index in [1.54, 1.807) is 11.3 Å². The minimum atomic E-state index is 0.111. The highest BCUT2D eigenvalue weighted by molar-refractivity contribution is 7.07. The van der Waals surface area contributed by atoms with Gasteiger partial charge in [-0.3, -0.25) is 4.79 Å². The molecule has 1 aromatic heterocycles. The van der Waals surface area contributed by atoms with E-state index in [0.29, 0.717) is 13.0 Å². The number of hydrogen-bond donors (Lipinski definition) is 2. The lowest BCUT2D eigenvalue weighted by atomic mass is 10.2. The van der Waals surface area contributed by atoms with E-state index in [0.717, 1.165) is 18.7 Å². The molecule has 1 heterocycles. The first-order valence-electron chi connectivity index (χ1n) is 5.59. The fourth-order valence-corrected chi connectivity index (χ4v) is 1.75. The summed E-state index contributed by atoms with van der Waals surface area (Å²) in [4.78, 5) is 15.6. The number of aromatic nitrogens is 1. The van der Waals surface area contributed by atoms with Crippen LogP contribution in [0.1, 0.15) is 32.4 Å². The molecule has 16 heavy (non-hydrogen) atoms. The predicted octanol–water partition coefficient (Wildman–Crippen LogP) is 1.54. The molecule has 1 aromatic rings. The van der Waals surface area contributed by atoms with Crippen molar-refractivity contribution in [1.82, 2.24) is 15.6 Å². The highest BCUT2D eigenvalue weighted by atomic mass is 32.1. The van der Waals surface area contributed by atoms with Gasteiger partial charge < -0.3 is 10.6 Å². The predicted molar refractivity (Wildman–Crippen MR) is 66.3 cm³/mol. The molecule has 0 aliphatic carbocycles. The minimum Gasteiger partial charge on any atom is -0.354 e. The second kappa shape index (κ2) is 7.35. The molecule has 0 fully saturated rings. The van der Waals surface area contributed by atoms with Crippen molar-refractivity contribution in [3.05, 3.63) is 16.6 Å². The lowest BCUT2D eigenvalue weighted by Gasteiger charge is -2.11. The first-order valence-corrected chi connectivity index (χ1v) is 6.53. The molecule has 4 nitrogen and oxygen atoms in total. The Kier molecular flexibility index (Phi) is 6.03. The highest BCUT2D eigenvalue weighted by Gasteiger charge is 2.04. The number of carbonyl (C=O) groups excluding carboxylic acids is 1. The summed E-state index contributed by atoms with van der Waals surface area (Å²) in [5, 5.41) is 8.13. The van der Waals surface area contributed by atoms with Crippen LogP contribution in [0.15, 0.2) is 10.9 Å². The Balaban J connectivity index is 2.04. The topological polar surface area (TPSA) is 54.0 Å². The van der Waals surface area contributed by atoms with Gasteiger partial charge in [-0.1, -0.05) is 6.92 Å². The third kappa shape index (κ3) is 5.23. The second-order valence-electron chi connectivity index (χ2n) is 3.78. The molecule has 0 spiro atoms. The largest absolute Gasteiger partial charge is 0.354 e. The fraction of sp³-hybridized carbons (Fsp3) is 0.636. The molecule has 0 aliphatic rings. The van der Waals surface area contributed by atoms with Crippen molar-refractivity contribution in [2.75, 3.05) is 6.54 Å². The molecule has 0 saturated heterocycles. The van der Waals surface area contributed by atoms with Crippen LogP contribution in [0.5, 0.6) is 0 Å². The van der Waals surface area contributed by atoms with E-state index in [1.165, 1.54) is 0 Å². The van der Waals surface area contributed by atoms with Gasteiger partial charge in [-0.2, -0.15) is 0 Å². The molecule has 0 saturated carbocycles. The van der Waals surface area contributed by atoms with Gasteiger partial charge in [0.15, 0.2) is 0 Å². The van der Waals surface area contributed by atoms with E-state index in [-0.39, 0.29) is 11.9 Å². The van der Waals surface area contributed by atoms with Crippen LogP contribution in [-0.2, 0) is 11.3 Å². The molecule has 0 bridgehead atoms.